The molecule has 1 aliphatic rings. The molecule has 1 aromatic heterocycles. The van der Waals surface area contributed by atoms with Crippen LogP contribution in [0.2, 0.25) is 0 Å². The number of fused-ring (bicyclic) bond motifs is 1. The highest BCUT2D eigenvalue weighted by Gasteiger charge is 2.17. The van der Waals surface area contributed by atoms with Crippen molar-refractivity contribution in [1.29, 1.82) is 0 Å². The molecule has 0 atom stereocenters. The lowest BCUT2D eigenvalue weighted by Gasteiger charge is -2.29. The molecule has 0 spiro atoms. The summed E-state index contributed by atoms with van der Waals surface area (Å²) < 4.78 is 0. The molecule has 138 valence electrons. The second kappa shape index (κ2) is 7.78. The lowest BCUT2D eigenvalue weighted by molar-refractivity contribution is 0.719. The highest BCUT2D eigenvalue weighted by molar-refractivity contribution is 5.46. The van der Waals surface area contributed by atoms with Gasteiger partial charge in [-0.2, -0.15) is 4.98 Å². The summed E-state index contributed by atoms with van der Waals surface area (Å²) in [5.74, 6) is 1.70. The Balaban J connectivity index is 1.40. The van der Waals surface area contributed by atoms with Crippen molar-refractivity contribution >= 4 is 11.8 Å². The molecule has 1 aliphatic heterocycles. The molecule has 0 bridgehead atoms. The zero-order chi connectivity index (χ0) is 18.6. The fourth-order valence-corrected chi connectivity index (χ4v) is 3.69. The van der Waals surface area contributed by atoms with Gasteiger partial charge in [-0.3, -0.25) is 0 Å². The monoisotopic (exact) mass is 358 g/mol. The zero-order valence-electron chi connectivity index (χ0n) is 16.1. The molecule has 3 aromatic rings. The van der Waals surface area contributed by atoms with Gasteiger partial charge in [-0.15, -0.1) is 0 Å². The van der Waals surface area contributed by atoms with Gasteiger partial charge in [0.25, 0.3) is 0 Å². The van der Waals surface area contributed by atoms with Crippen molar-refractivity contribution < 1.29 is 0 Å². The van der Waals surface area contributed by atoms with Gasteiger partial charge in [-0.25, -0.2) is 4.98 Å². The predicted octanol–water partition coefficient (Wildman–Crippen LogP) is 4.31. The van der Waals surface area contributed by atoms with Crippen LogP contribution in [0.5, 0.6) is 0 Å². The average Bonchev–Trinajstić information content (AvgIpc) is 2.71. The minimum atomic E-state index is 0.705. The van der Waals surface area contributed by atoms with Crippen molar-refractivity contribution in [3.05, 3.63) is 82.5 Å². The lowest BCUT2D eigenvalue weighted by atomic mass is 10.00. The van der Waals surface area contributed by atoms with E-state index in [1.54, 1.807) is 0 Å². The molecule has 4 rings (SSSR count). The minimum Gasteiger partial charge on any atom is -0.354 e. The molecular formula is C23H26N4. The Morgan fingerprint density at radius 2 is 1.85 bits per heavy atom. The molecular weight excluding hydrogens is 332 g/mol. The first-order chi connectivity index (χ1) is 13.2. The third-order valence-electron chi connectivity index (χ3n) is 5.49. The Bertz CT molecular complexity index is 935. The van der Waals surface area contributed by atoms with E-state index in [0.717, 1.165) is 38.3 Å². The number of nitrogens with one attached hydrogen (secondary N) is 1. The first-order valence-electron chi connectivity index (χ1n) is 9.64. The second-order valence-corrected chi connectivity index (χ2v) is 7.21. The molecule has 27 heavy (non-hydrogen) atoms. The number of aryl methyl sites for hydroxylation is 1. The summed E-state index contributed by atoms with van der Waals surface area (Å²) in [7, 11) is 0. The second-order valence-electron chi connectivity index (χ2n) is 7.21. The van der Waals surface area contributed by atoms with E-state index < -0.39 is 0 Å². The minimum absolute atomic E-state index is 0.705. The SMILES string of the molecule is Cc1cccc(CCNc2nccc(N3CCc4ccccc4C3)n2)c1C. The van der Waals surface area contributed by atoms with Gasteiger partial charge in [0.2, 0.25) is 5.95 Å². The standard InChI is InChI=1S/C23H26N4/c1-17-6-5-9-19(18(17)2)10-13-24-23-25-14-11-22(26-23)27-15-12-20-7-3-4-8-21(20)16-27/h3-9,11,14H,10,12-13,15-16H2,1-2H3,(H,24,25,26). The number of aromatic nitrogens is 2. The first kappa shape index (κ1) is 17.5. The van der Waals surface area contributed by atoms with Gasteiger partial charge in [0, 0.05) is 25.8 Å². The van der Waals surface area contributed by atoms with Gasteiger partial charge < -0.3 is 10.2 Å². The fraction of sp³-hybridized carbons (Fsp3) is 0.304. The summed E-state index contributed by atoms with van der Waals surface area (Å²) in [6.07, 6.45) is 3.89. The Morgan fingerprint density at radius 3 is 2.74 bits per heavy atom. The zero-order valence-corrected chi connectivity index (χ0v) is 16.1. The Hall–Kier alpha value is -2.88. The van der Waals surface area contributed by atoms with E-state index in [2.05, 4.69) is 71.5 Å². The summed E-state index contributed by atoms with van der Waals surface area (Å²) in [4.78, 5) is 11.5. The van der Waals surface area contributed by atoms with Crippen LogP contribution in [-0.2, 0) is 19.4 Å². The number of hydrogen-bond acceptors (Lipinski definition) is 4. The quantitative estimate of drug-likeness (QED) is 0.738. The average molecular weight is 358 g/mol. The van der Waals surface area contributed by atoms with E-state index in [1.807, 2.05) is 12.3 Å². The molecule has 0 amide bonds. The maximum Gasteiger partial charge on any atom is 0.224 e. The molecule has 0 unspecified atom stereocenters. The summed E-state index contributed by atoms with van der Waals surface area (Å²) in [6, 6.07) is 17.2. The number of nitrogens with zero attached hydrogens (tertiary/aromatic N) is 3. The van der Waals surface area contributed by atoms with Crippen LogP contribution in [0.1, 0.15) is 27.8 Å². The smallest absolute Gasteiger partial charge is 0.224 e. The number of anilines is 2. The Morgan fingerprint density at radius 1 is 1.00 bits per heavy atom. The normalized spacial score (nSPS) is 13.3. The van der Waals surface area contributed by atoms with Crippen LogP contribution < -0.4 is 10.2 Å². The third kappa shape index (κ3) is 3.95. The van der Waals surface area contributed by atoms with Gasteiger partial charge in [0.05, 0.1) is 0 Å². The Kier molecular flexibility index (Phi) is 5.05. The highest BCUT2D eigenvalue weighted by atomic mass is 15.2. The van der Waals surface area contributed by atoms with Crippen molar-refractivity contribution in [2.75, 3.05) is 23.3 Å². The van der Waals surface area contributed by atoms with E-state index in [0.29, 0.717) is 5.95 Å². The number of benzene rings is 2. The first-order valence-corrected chi connectivity index (χ1v) is 9.64. The van der Waals surface area contributed by atoms with Crippen LogP contribution in [0.4, 0.5) is 11.8 Å². The molecule has 0 fully saturated rings. The van der Waals surface area contributed by atoms with Crippen LogP contribution in [0, 0.1) is 13.8 Å². The molecule has 1 N–H and O–H groups in total. The van der Waals surface area contributed by atoms with Crippen LogP contribution in [-0.4, -0.2) is 23.1 Å². The van der Waals surface area contributed by atoms with E-state index in [1.165, 1.54) is 27.8 Å². The number of rotatable bonds is 5. The van der Waals surface area contributed by atoms with Gasteiger partial charge >= 0.3 is 0 Å². The molecule has 0 saturated heterocycles. The highest BCUT2D eigenvalue weighted by Crippen LogP contribution is 2.23. The number of hydrogen-bond donors (Lipinski definition) is 1. The molecule has 4 heteroatoms. The fourth-order valence-electron chi connectivity index (χ4n) is 3.69. The van der Waals surface area contributed by atoms with Gasteiger partial charge in [-0.1, -0.05) is 42.5 Å². The predicted molar refractivity (Wildman–Crippen MR) is 111 cm³/mol. The molecule has 0 saturated carbocycles. The molecule has 0 radical (unpaired) electrons. The largest absolute Gasteiger partial charge is 0.354 e. The van der Waals surface area contributed by atoms with Crippen molar-refractivity contribution in [2.45, 2.75) is 33.2 Å². The molecule has 2 aromatic carbocycles. The molecule has 2 heterocycles. The molecule has 0 aliphatic carbocycles. The Labute approximate surface area is 161 Å². The molecule has 4 nitrogen and oxygen atoms in total. The van der Waals surface area contributed by atoms with Gasteiger partial charge in [0.15, 0.2) is 0 Å². The van der Waals surface area contributed by atoms with Crippen molar-refractivity contribution in [1.82, 2.24) is 9.97 Å². The van der Waals surface area contributed by atoms with E-state index in [-0.39, 0.29) is 0 Å². The third-order valence-corrected chi connectivity index (χ3v) is 5.49. The maximum absolute atomic E-state index is 4.74. The van der Waals surface area contributed by atoms with E-state index in [4.69, 9.17) is 4.98 Å². The maximum atomic E-state index is 4.74. The summed E-state index contributed by atoms with van der Waals surface area (Å²) in [6.45, 7) is 7.09. The summed E-state index contributed by atoms with van der Waals surface area (Å²) >= 11 is 0. The van der Waals surface area contributed by atoms with Crippen LogP contribution in [0.25, 0.3) is 0 Å². The van der Waals surface area contributed by atoms with E-state index in [9.17, 15) is 0 Å². The van der Waals surface area contributed by atoms with Gasteiger partial charge in [0.1, 0.15) is 5.82 Å². The van der Waals surface area contributed by atoms with Crippen molar-refractivity contribution in [3.8, 4) is 0 Å². The van der Waals surface area contributed by atoms with Gasteiger partial charge in [-0.05, 0) is 60.6 Å². The lowest BCUT2D eigenvalue weighted by Crippen LogP contribution is -2.31. The van der Waals surface area contributed by atoms with E-state index >= 15 is 0 Å². The summed E-state index contributed by atoms with van der Waals surface area (Å²) in [5, 5.41) is 3.39. The topological polar surface area (TPSA) is 41.1 Å². The van der Waals surface area contributed by atoms with Crippen LogP contribution >= 0.6 is 0 Å². The van der Waals surface area contributed by atoms with Crippen molar-refractivity contribution in [3.63, 3.8) is 0 Å². The van der Waals surface area contributed by atoms with Crippen LogP contribution in [0.15, 0.2) is 54.7 Å². The summed E-state index contributed by atoms with van der Waals surface area (Å²) in [5.41, 5.74) is 6.95. The van der Waals surface area contributed by atoms with Crippen molar-refractivity contribution in [2.24, 2.45) is 0 Å². The van der Waals surface area contributed by atoms with Crippen LogP contribution in [0.3, 0.4) is 0 Å².